The highest BCUT2D eigenvalue weighted by atomic mass is 32.2. The number of benzene rings is 2. The van der Waals surface area contributed by atoms with Crippen molar-refractivity contribution in [3.8, 4) is 11.1 Å². The maximum Gasteiger partial charge on any atom is 0.179 e. The van der Waals surface area contributed by atoms with E-state index in [9.17, 15) is 0 Å². The first-order chi connectivity index (χ1) is 9.86. The number of amidine groups is 1. The lowest BCUT2D eigenvalue weighted by atomic mass is 10.0. The molecule has 3 nitrogen and oxygen atoms in total. The molecule has 0 bridgehead atoms. The van der Waals surface area contributed by atoms with Crippen molar-refractivity contribution in [2.45, 2.75) is 0 Å². The average Bonchev–Trinajstić information content (AvgIpc) is 2.56. The van der Waals surface area contributed by atoms with Crippen LogP contribution in [-0.2, 0) is 0 Å². The van der Waals surface area contributed by atoms with Gasteiger partial charge in [-0.3, -0.25) is 15.8 Å². The van der Waals surface area contributed by atoms with Gasteiger partial charge in [-0.15, -0.1) is 0 Å². The van der Waals surface area contributed by atoms with Crippen LogP contribution in [0.2, 0.25) is 0 Å². The van der Waals surface area contributed by atoms with Crippen LogP contribution in [0.15, 0.2) is 65.0 Å². The second kappa shape index (κ2) is 5.84. The van der Waals surface area contributed by atoms with Crippen molar-refractivity contribution >= 4 is 22.6 Å². The smallest absolute Gasteiger partial charge is 0.179 e. The second-order valence-electron chi connectivity index (χ2n) is 4.37. The summed E-state index contributed by atoms with van der Waals surface area (Å²) < 4.78 is 0. The Bertz CT molecular complexity index is 645. The zero-order chi connectivity index (χ0) is 13.8. The van der Waals surface area contributed by atoms with Gasteiger partial charge in [-0.2, -0.15) is 0 Å². The van der Waals surface area contributed by atoms with Crippen LogP contribution in [0.4, 0.5) is 0 Å². The van der Waals surface area contributed by atoms with E-state index in [1.54, 1.807) is 18.8 Å². The Kier molecular flexibility index (Phi) is 3.74. The third-order valence-corrected chi connectivity index (χ3v) is 3.96. The van der Waals surface area contributed by atoms with Crippen molar-refractivity contribution in [1.82, 2.24) is 10.9 Å². The summed E-state index contributed by atoms with van der Waals surface area (Å²) in [6.07, 6.45) is 0. The summed E-state index contributed by atoms with van der Waals surface area (Å²) in [4.78, 5) is 4.09. The Morgan fingerprint density at radius 2 is 1.45 bits per heavy atom. The number of hydrogen-bond acceptors (Lipinski definition) is 3. The fraction of sp³-hybridized carbons (Fsp3) is 0.0625. The molecular formula is C16H15N3S. The number of hydrazine groups is 1. The molecule has 0 spiro atoms. The second-order valence-corrected chi connectivity index (χ2v) is 5.23. The highest BCUT2D eigenvalue weighted by Gasteiger charge is 2.09. The molecule has 0 atom stereocenters. The van der Waals surface area contributed by atoms with E-state index in [1.165, 1.54) is 11.1 Å². The third kappa shape index (κ3) is 2.70. The van der Waals surface area contributed by atoms with Crippen LogP contribution >= 0.6 is 11.8 Å². The quantitative estimate of drug-likeness (QED) is 0.885. The first-order valence-electron chi connectivity index (χ1n) is 6.38. The standard InChI is InChI=1S/C16H15N3S/c1-17-16-19-18-15(11-20-16)14-9-7-13(8-10-14)12-5-3-2-4-6-12/h2-11,18H,1H3,(H,17,19). The molecule has 0 radical (unpaired) electrons. The van der Waals surface area contributed by atoms with Gasteiger partial charge in [0.25, 0.3) is 0 Å². The van der Waals surface area contributed by atoms with Gasteiger partial charge in [-0.25, -0.2) is 0 Å². The molecule has 1 heterocycles. The summed E-state index contributed by atoms with van der Waals surface area (Å²) in [7, 11) is 1.77. The molecule has 0 aliphatic carbocycles. The molecule has 0 fully saturated rings. The van der Waals surface area contributed by atoms with Crippen molar-refractivity contribution in [2.75, 3.05) is 7.05 Å². The molecular weight excluding hydrogens is 266 g/mol. The van der Waals surface area contributed by atoms with Gasteiger partial charge in [-0.05, 0) is 16.7 Å². The number of nitrogens with one attached hydrogen (secondary N) is 2. The fourth-order valence-corrected chi connectivity index (χ4v) is 2.66. The van der Waals surface area contributed by atoms with Crippen LogP contribution in [0.3, 0.4) is 0 Å². The van der Waals surface area contributed by atoms with E-state index >= 15 is 0 Å². The highest BCUT2D eigenvalue weighted by Crippen LogP contribution is 2.23. The molecule has 100 valence electrons. The van der Waals surface area contributed by atoms with Gasteiger partial charge in [0.1, 0.15) is 0 Å². The molecule has 0 saturated heterocycles. The minimum atomic E-state index is 0.870. The molecule has 2 aromatic rings. The van der Waals surface area contributed by atoms with Gasteiger partial charge in [0, 0.05) is 12.5 Å². The zero-order valence-corrected chi connectivity index (χ0v) is 11.9. The number of rotatable bonds is 2. The zero-order valence-electron chi connectivity index (χ0n) is 11.1. The Labute approximate surface area is 122 Å². The van der Waals surface area contributed by atoms with E-state index in [1.807, 2.05) is 6.07 Å². The normalized spacial score (nSPS) is 16.2. The van der Waals surface area contributed by atoms with E-state index in [0.29, 0.717) is 0 Å². The summed E-state index contributed by atoms with van der Waals surface area (Å²) in [5.41, 5.74) is 10.9. The Balaban J connectivity index is 1.82. The van der Waals surface area contributed by atoms with Crippen molar-refractivity contribution in [1.29, 1.82) is 0 Å². The van der Waals surface area contributed by atoms with Gasteiger partial charge >= 0.3 is 0 Å². The Morgan fingerprint density at radius 1 is 0.800 bits per heavy atom. The van der Waals surface area contributed by atoms with Gasteiger partial charge in [-0.1, -0.05) is 66.4 Å². The summed E-state index contributed by atoms with van der Waals surface area (Å²) in [6, 6.07) is 18.9. The van der Waals surface area contributed by atoms with Crippen molar-refractivity contribution < 1.29 is 0 Å². The lowest BCUT2D eigenvalue weighted by Gasteiger charge is -2.18. The van der Waals surface area contributed by atoms with Crippen molar-refractivity contribution in [2.24, 2.45) is 4.99 Å². The monoisotopic (exact) mass is 281 g/mol. The first kappa shape index (κ1) is 12.8. The van der Waals surface area contributed by atoms with Gasteiger partial charge < -0.3 is 0 Å². The Hall–Kier alpha value is -2.20. The van der Waals surface area contributed by atoms with Crippen LogP contribution < -0.4 is 10.9 Å². The van der Waals surface area contributed by atoms with Crippen molar-refractivity contribution in [3.05, 3.63) is 65.6 Å². The SMILES string of the molecule is CN=C1NNC(c2ccc(-c3ccccc3)cc2)=CS1. The van der Waals surface area contributed by atoms with Crippen molar-refractivity contribution in [3.63, 3.8) is 0 Å². The number of aliphatic imine (C=N–C) groups is 1. The van der Waals surface area contributed by atoms with Crippen LogP contribution in [0.5, 0.6) is 0 Å². The number of hydrogen-bond donors (Lipinski definition) is 2. The molecule has 1 aliphatic heterocycles. The molecule has 1 aliphatic rings. The molecule has 2 aromatic carbocycles. The van der Waals surface area contributed by atoms with Crippen LogP contribution in [0.1, 0.15) is 5.56 Å². The van der Waals surface area contributed by atoms with Gasteiger partial charge in [0.15, 0.2) is 5.17 Å². The first-order valence-corrected chi connectivity index (χ1v) is 7.26. The number of thioether (sulfide) groups is 1. The van der Waals surface area contributed by atoms with Gasteiger partial charge in [0.05, 0.1) is 5.70 Å². The van der Waals surface area contributed by atoms with E-state index in [-0.39, 0.29) is 0 Å². The topological polar surface area (TPSA) is 36.4 Å². The van der Waals surface area contributed by atoms with E-state index in [4.69, 9.17) is 0 Å². The predicted octanol–water partition coefficient (Wildman–Crippen LogP) is 3.48. The molecule has 0 unspecified atom stereocenters. The molecule has 0 saturated carbocycles. The van der Waals surface area contributed by atoms with E-state index in [0.717, 1.165) is 16.4 Å². The molecule has 0 aromatic heterocycles. The van der Waals surface area contributed by atoms with Crippen LogP contribution in [-0.4, -0.2) is 12.2 Å². The van der Waals surface area contributed by atoms with Crippen LogP contribution in [0, 0.1) is 0 Å². The minimum absolute atomic E-state index is 0.870. The number of nitrogens with zero attached hydrogens (tertiary/aromatic N) is 1. The summed E-state index contributed by atoms with van der Waals surface area (Å²) in [5, 5.41) is 2.94. The largest absolute Gasteiger partial charge is 0.298 e. The summed E-state index contributed by atoms with van der Waals surface area (Å²) in [6.45, 7) is 0. The van der Waals surface area contributed by atoms with E-state index < -0.39 is 0 Å². The van der Waals surface area contributed by atoms with Crippen LogP contribution in [0.25, 0.3) is 16.8 Å². The molecule has 2 N–H and O–H groups in total. The molecule has 4 heteroatoms. The fourth-order valence-electron chi connectivity index (χ4n) is 2.02. The molecule has 20 heavy (non-hydrogen) atoms. The van der Waals surface area contributed by atoms with Gasteiger partial charge in [0.2, 0.25) is 0 Å². The average molecular weight is 281 g/mol. The highest BCUT2D eigenvalue weighted by molar-refractivity contribution is 8.16. The third-order valence-electron chi connectivity index (χ3n) is 3.10. The molecule has 3 rings (SSSR count). The molecule has 0 amide bonds. The minimum Gasteiger partial charge on any atom is -0.298 e. The predicted molar refractivity (Wildman–Crippen MR) is 87.1 cm³/mol. The maximum absolute atomic E-state index is 4.09. The maximum atomic E-state index is 4.09. The van der Waals surface area contributed by atoms with E-state index in [2.05, 4.69) is 69.8 Å². The Morgan fingerprint density at radius 3 is 2.05 bits per heavy atom. The lowest BCUT2D eigenvalue weighted by Crippen LogP contribution is -2.36. The summed E-state index contributed by atoms with van der Waals surface area (Å²) in [5.74, 6) is 0. The lowest BCUT2D eigenvalue weighted by molar-refractivity contribution is 0.847. The summed E-state index contributed by atoms with van der Waals surface area (Å²) >= 11 is 1.58.